The lowest BCUT2D eigenvalue weighted by Crippen LogP contribution is -2.56. The zero-order chi connectivity index (χ0) is 14.8. The van der Waals surface area contributed by atoms with Crippen LogP contribution in [0, 0.1) is 11.3 Å². The van der Waals surface area contributed by atoms with Crippen molar-refractivity contribution < 1.29 is 18.3 Å². The zero-order valence-electron chi connectivity index (χ0n) is 10.5. The Labute approximate surface area is 116 Å². The molecule has 0 saturated carbocycles. The Morgan fingerprint density at radius 3 is 2.90 bits per heavy atom. The third-order valence-electron chi connectivity index (χ3n) is 3.05. The van der Waals surface area contributed by atoms with Gasteiger partial charge >= 0.3 is 5.97 Å². The summed E-state index contributed by atoms with van der Waals surface area (Å²) < 4.78 is 26.0. The van der Waals surface area contributed by atoms with E-state index in [1.54, 1.807) is 0 Å². The number of carboxylic acid groups (broad SMARTS) is 1. The molecule has 1 heterocycles. The first-order chi connectivity index (χ1) is 9.46. The van der Waals surface area contributed by atoms with Crippen LogP contribution in [0.25, 0.3) is 0 Å². The average molecular weight is 295 g/mol. The van der Waals surface area contributed by atoms with Crippen molar-refractivity contribution in [2.75, 3.05) is 19.6 Å². The van der Waals surface area contributed by atoms with Crippen molar-refractivity contribution in [3.05, 3.63) is 29.8 Å². The maximum atomic E-state index is 12.5. The van der Waals surface area contributed by atoms with Gasteiger partial charge in [-0.2, -0.15) is 9.57 Å². The second kappa shape index (κ2) is 5.58. The van der Waals surface area contributed by atoms with Gasteiger partial charge in [0, 0.05) is 19.6 Å². The molecule has 1 saturated heterocycles. The van der Waals surface area contributed by atoms with Crippen molar-refractivity contribution in [3.63, 3.8) is 0 Å². The van der Waals surface area contributed by atoms with Crippen LogP contribution < -0.4 is 5.32 Å². The molecule has 106 valence electrons. The maximum absolute atomic E-state index is 12.5. The summed E-state index contributed by atoms with van der Waals surface area (Å²) in [6, 6.07) is 6.28. The highest BCUT2D eigenvalue weighted by atomic mass is 32.2. The van der Waals surface area contributed by atoms with Crippen LogP contribution in [-0.4, -0.2) is 49.5 Å². The molecule has 0 amide bonds. The SMILES string of the molecule is N#Cc1cccc(S(=O)(=O)N2CCNCC2C(=O)O)c1. The maximum Gasteiger partial charge on any atom is 0.323 e. The molecular weight excluding hydrogens is 282 g/mol. The molecule has 20 heavy (non-hydrogen) atoms. The zero-order valence-corrected chi connectivity index (χ0v) is 11.3. The minimum atomic E-state index is -3.93. The van der Waals surface area contributed by atoms with Crippen molar-refractivity contribution in [3.8, 4) is 6.07 Å². The first-order valence-electron chi connectivity index (χ1n) is 5.92. The summed E-state index contributed by atoms with van der Waals surface area (Å²) in [4.78, 5) is 11.1. The molecule has 1 unspecified atom stereocenters. The van der Waals surface area contributed by atoms with E-state index in [4.69, 9.17) is 10.4 Å². The molecule has 0 radical (unpaired) electrons. The molecule has 1 aromatic carbocycles. The number of sulfonamides is 1. The van der Waals surface area contributed by atoms with Gasteiger partial charge in [-0.3, -0.25) is 4.79 Å². The monoisotopic (exact) mass is 295 g/mol. The van der Waals surface area contributed by atoms with Gasteiger partial charge in [0.2, 0.25) is 10.0 Å². The largest absolute Gasteiger partial charge is 0.480 e. The first kappa shape index (κ1) is 14.5. The van der Waals surface area contributed by atoms with Gasteiger partial charge in [0.05, 0.1) is 16.5 Å². The Morgan fingerprint density at radius 2 is 2.25 bits per heavy atom. The van der Waals surface area contributed by atoms with Gasteiger partial charge in [0.1, 0.15) is 6.04 Å². The molecule has 0 aliphatic carbocycles. The highest BCUT2D eigenvalue weighted by Crippen LogP contribution is 2.20. The second-order valence-electron chi connectivity index (χ2n) is 4.31. The number of benzene rings is 1. The van der Waals surface area contributed by atoms with E-state index >= 15 is 0 Å². The van der Waals surface area contributed by atoms with Gasteiger partial charge in [-0.25, -0.2) is 8.42 Å². The number of rotatable bonds is 3. The fraction of sp³-hybridized carbons (Fsp3) is 0.333. The molecule has 1 aliphatic heterocycles. The number of nitriles is 1. The van der Waals surface area contributed by atoms with Gasteiger partial charge in [-0.1, -0.05) is 6.07 Å². The summed E-state index contributed by atoms with van der Waals surface area (Å²) >= 11 is 0. The van der Waals surface area contributed by atoms with Crippen LogP contribution in [0.3, 0.4) is 0 Å². The van der Waals surface area contributed by atoms with Crippen LogP contribution in [0.15, 0.2) is 29.2 Å². The van der Waals surface area contributed by atoms with E-state index in [0.29, 0.717) is 6.54 Å². The number of nitrogens with one attached hydrogen (secondary N) is 1. The number of nitrogens with zero attached hydrogens (tertiary/aromatic N) is 2. The Bertz CT molecular complexity index is 666. The third kappa shape index (κ3) is 2.65. The Kier molecular flexibility index (Phi) is 4.04. The fourth-order valence-electron chi connectivity index (χ4n) is 2.05. The number of carboxylic acids is 1. The highest BCUT2D eigenvalue weighted by molar-refractivity contribution is 7.89. The standard InChI is InChI=1S/C12H13N3O4S/c13-7-9-2-1-3-10(6-9)20(18,19)15-5-4-14-8-11(15)12(16)17/h1-3,6,11,14H,4-5,8H2,(H,16,17). The number of hydrogen-bond acceptors (Lipinski definition) is 5. The van der Waals surface area contributed by atoms with Gasteiger partial charge in [-0.05, 0) is 18.2 Å². The lowest BCUT2D eigenvalue weighted by molar-refractivity contribution is -0.141. The van der Waals surface area contributed by atoms with E-state index in [2.05, 4.69) is 5.32 Å². The molecule has 7 nitrogen and oxygen atoms in total. The molecule has 0 bridgehead atoms. The molecule has 0 aromatic heterocycles. The van der Waals surface area contributed by atoms with E-state index in [-0.39, 0.29) is 23.5 Å². The minimum absolute atomic E-state index is 0.0620. The van der Waals surface area contributed by atoms with Crippen LogP contribution in [0.2, 0.25) is 0 Å². The Balaban J connectivity index is 2.42. The summed E-state index contributed by atoms with van der Waals surface area (Å²) in [7, 11) is -3.93. The Hall–Kier alpha value is -1.95. The number of hydrogen-bond donors (Lipinski definition) is 2. The summed E-state index contributed by atoms with van der Waals surface area (Å²) in [5, 5.41) is 20.8. The van der Waals surface area contributed by atoms with Crippen LogP contribution in [0.4, 0.5) is 0 Å². The molecule has 2 N–H and O–H groups in total. The molecule has 1 aliphatic rings. The fourth-order valence-corrected chi connectivity index (χ4v) is 3.67. The predicted molar refractivity (Wildman–Crippen MR) is 69.3 cm³/mol. The van der Waals surface area contributed by atoms with Gasteiger partial charge < -0.3 is 10.4 Å². The van der Waals surface area contributed by atoms with Gasteiger partial charge in [0.25, 0.3) is 0 Å². The molecule has 1 atom stereocenters. The van der Waals surface area contributed by atoms with Crippen molar-refractivity contribution in [1.82, 2.24) is 9.62 Å². The Morgan fingerprint density at radius 1 is 1.50 bits per heavy atom. The minimum Gasteiger partial charge on any atom is -0.480 e. The molecule has 2 rings (SSSR count). The van der Waals surface area contributed by atoms with Crippen LogP contribution in [0.1, 0.15) is 5.56 Å². The van der Waals surface area contributed by atoms with Crippen LogP contribution in [-0.2, 0) is 14.8 Å². The summed E-state index contributed by atoms with van der Waals surface area (Å²) in [5.74, 6) is -1.20. The lowest BCUT2D eigenvalue weighted by atomic mass is 10.2. The van der Waals surface area contributed by atoms with E-state index in [1.807, 2.05) is 6.07 Å². The lowest BCUT2D eigenvalue weighted by Gasteiger charge is -2.32. The van der Waals surface area contributed by atoms with Crippen molar-refractivity contribution >= 4 is 16.0 Å². The van der Waals surface area contributed by atoms with E-state index in [9.17, 15) is 13.2 Å². The van der Waals surface area contributed by atoms with Crippen molar-refractivity contribution in [2.24, 2.45) is 0 Å². The quantitative estimate of drug-likeness (QED) is 0.785. The summed E-state index contributed by atoms with van der Waals surface area (Å²) in [6.45, 7) is 0.531. The van der Waals surface area contributed by atoms with Crippen LogP contribution in [0.5, 0.6) is 0 Å². The highest BCUT2D eigenvalue weighted by Gasteiger charge is 2.37. The molecule has 0 spiro atoms. The molecular formula is C12H13N3O4S. The number of carbonyl (C=O) groups is 1. The van der Waals surface area contributed by atoms with Crippen LogP contribution >= 0.6 is 0 Å². The molecule has 1 fully saturated rings. The summed E-state index contributed by atoms with van der Waals surface area (Å²) in [5.41, 5.74) is 0.216. The molecule has 8 heteroatoms. The topological polar surface area (TPSA) is 111 Å². The van der Waals surface area contributed by atoms with Gasteiger partial charge in [-0.15, -0.1) is 0 Å². The van der Waals surface area contributed by atoms with Crippen molar-refractivity contribution in [1.29, 1.82) is 5.26 Å². The third-order valence-corrected chi connectivity index (χ3v) is 4.95. The molecule has 1 aromatic rings. The van der Waals surface area contributed by atoms with E-state index in [1.165, 1.54) is 24.3 Å². The van der Waals surface area contributed by atoms with E-state index in [0.717, 1.165) is 4.31 Å². The predicted octanol–water partition coefficient (Wildman–Crippen LogP) is -0.395. The smallest absolute Gasteiger partial charge is 0.323 e. The summed E-state index contributed by atoms with van der Waals surface area (Å²) in [6.07, 6.45) is 0. The normalized spacial score (nSPS) is 20.2. The van der Waals surface area contributed by atoms with E-state index < -0.39 is 22.0 Å². The number of aliphatic carboxylic acids is 1. The first-order valence-corrected chi connectivity index (χ1v) is 7.36. The second-order valence-corrected chi connectivity index (χ2v) is 6.20. The van der Waals surface area contributed by atoms with Gasteiger partial charge in [0.15, 0.2) is 0 Å². The average Bonchev–Trinajstić information content (AvgIpc) is 2.47. The number of piperazine rings is 1. The van der Waals surface area contributed by atoms with Crippen molar-refractivity contribution in [2.45, 2.75) is 10.9 Å².